The lowest BCUT2D eigenvalue weighted by atomic mass is 10.2. The van der Waals surface area contributed by atoms with E-state index in [2.05, 4.69) is 5.28 Å². The fraction of sp³-hybridized carbons (Fsp3) is 1.00. The summed E-state index contributed by atoms with van der Waals surface area (Å²) in [6, 6.07) is 0. The third kappa shape index (κ3) is 2.33. The van der Waals surface area contributed by atoms with Gasteiger partial charge in [0.15, 0.2) is 18.4 Å². The molecule has 0 radical (unpaired) electrons. The van der Waals surface area contributed by atoms with Crippen molar-refractivity contribution in [2.75, 3.05) is 19.7 Å². The minimum absolute atomic E-state index is 0.677. The Morgan fingerprint density at radius 2 is 2.00 bits per heavy atom. The van der Waals surface area contributed by atoms with E-state index < -0.39 is 0 Å². The van der Waals surface area contributed by atoms with Crippen LogP contribution in [0, 0.1) is 0 Å². The van der Waals surface area contributed by atoms with Gasteiger partial charge < -0.3 is 4.84 Å². The second kappa shape index (κ2) is 4.25. The Kier molecular flexibility index (Phi) is 3.19. The lowest BCUT2D eigenvalue weighted by Crippen LogP contribution is -2.18. The molecule has 0 unspecified atom stereocenters. The molecule has 1 fully saturated rings. The van der Waals surface area contributed by atoms with E-state index in [0.29, 0.717) is 6.61 Å². The monoisotopic (exact) mass is 143 g/mol. The van der Waals surface area contributed by atoms with Gasteiger partial charge in [-0.25, -0.2) is 0 Å². The Labute approximate surface area is 61.6 Å². The van der Waals surface area contributed by atoms with Gasteiger partial charge in [0.1, 0.15) is 6.61 Å². The lowest BCUT2D eigenvalue weighted by Gasteiger charge is -2.04. The zero-order chi connectivity index (χ0) is 7.23. The molecule has 1 aliphatic heterocycles. The highest BCUT2D eigenvalue weighted by atomic mass is 16.6. The Bertz CT molecular complexity index is 115. The predicted molar refractivity (Wildman–Crippen MR) is 37.9 cm³/mol. The molecular weight excluding hydrogens is 128 g/mol. The standard InChI is InChI=1S/C7H15N2O/c1-2-10-8-9-6-4-3-5-7-9/h2-7H2,1H3/q+1. The fourth-order valence-corrected chi connectivity index (χ4v) is 1.10. The minimum atomic E-state index is 0.677. The van der Waals surface area contributed by atoms with Crippen molar-refractivity contribution in [1.82, 2.24) is 0 Å². The van der Waals surface area contributed by atoms with E-state index in [9.17, 15) is 0 Å². The maximum atomic E-state index is 4.92. The number of hydrogen-bond donors (Lipinski definition) is 0. The highest BCUT2D eigenvalue weighted by Gasteiger charge is 2.12. The van der Waals surface area contributed by atoms with Crippen LogP contribution in [0.1, 0.15) is 26.2 Å². The van der Waals surface area contributed by atoms with Crippen LogP contribution in [-0.4, -0.2) is 24.4 Å². The molecule has 0 amide bonds. The van der Waals surface area contributed by atoms with Crippen molar-refractivity contribution in [1.29, 1.82) is 0 Å². The van der Waals surface area contributed by atoms with E-state index >= 15 is 0 Å². The molecule has 0 aromatic rings. The summed E-state index contributed by atoms with van der Waals surface area (Å²) >= 11 is 0. The van der Waals surface area contributed by atoms with E-state index in [0.717, 1.165) is 13.1 Å². The zero-order valence-corrected chi connectivity index (χ0v) is 6.55. The molecule has 0 aromatic carbocycles. The molecule has 0 N–H and O–H groups in total. The predicted octanol–water partition coefficient (Wildman–Crippen LogP) is 1.59. The first-order valence-electron chi connectivity index (χ1n) is 4.01. The second-order valence-corrected chi connectivity index (χ2v) is 2.51. The molecule has 0 atom stereocenters. The molecule has 58 valence electrons. The molecule has 0 aromatic heterocycles. The summed E-state index contributed by atoms with van der Waals surface area (Å²) in [7, 11) is 0. The van der Waals surface area contributed by atoms with Crippen molar-refractivity contribution in [3.63, 3.8) is 0 Å². The first-order valence-corrected chi connectivity index (χ1v) is 4.01. The van der Waals surface area contributed by atoms with Crippen LogP contribution >= 0.6 is 0 Å². The van der Waals surface area contributed by atoms with E-state index in [1.807, 2.05) is 11.6 Å². The number of rotatable bonds is 2. The van der Waals surface area contributed by atoms with Crippen LogP contribution in [0.4, 0.5) is 0 Å². The quantitative estimate of drug-likeness (QED) is 0.425. The normalized spacial score (nSPS) is 18.7. The Balaban J connectivity index is 2.23. The van der Waals surface area contributed by atoms with Crippen LogP contribution in [0.3, 0.4) is 0 Å². The van der Waals surface area contributed by atoms with E-state index in [4.69, 9.17) is 4.84 Å². The van der Waals surface area contributed by atoms with Crippen LogP contribution in [-0.2, 0) is 4.84 Å². The largest absolute Gasteiger partial charge is 0.348 e. The van der Waals surface area contributed by atoms with Gasteiger partial charge in [-0.15, -0.1) is 0 Å². The van der Waals surface area contributed by atoms with Gasteiger partial charge >= 0.3 is 0 Å². The van der Waals surface area contributed by atoms with Gasteiger partial charge in [-0.1, -0.05) is 4.70 Å². The Morgan fingerprint density at radius 3 is 2.60 bits per heavy atom. The molecule has 0 aliphatic carbocycles. The van der Waals surface area contributed by atoms with Gasteiger partial charge in [0.2, 0.25) is 0 Å². The smallest absolute Gasteiger partial charge is 0.186 e. The summed E-state index contributed by atoms with van der Waals surface area (Å²) in [6.45, 7) is 4.77. The summed E-state index contributed by atoms with van der Waals surface area (Å²) in [6.07, 6.45) is 3.87. The average Bonchev–Trinajstić information content (AvgIpc) is 2.03. The summed E-state index contributed by atoms with van der Waals surface area (Å²) in [5, 5.41) is 3.94. The number of nitrogens with zero attached hydrogens (tertiary/aromatic N) is 2. The highest BCUT2D eigenvalue weighted by Crippen LogP contribution is 2.04. The third-order valence-corrected chi connectivity index (χ3v) is 1.63. The number of hydrogen-bond acceptors (Lipinski definition) is 2. The van der Waals surface area contributed by atoms with Gasteiger partial charge in [-0.05, 0) is 13.3 Å². The third-order valence-electron chi connectivity index (χ3n) is 1.63. The first-order chi connectivity index (χ1) is 4.93. The molecule has 0 spiro atoms. The molecule has 10 heavy (non-hydrogen) atoms. The molecule has 1 aliphatic rings. The lowest BCUT2D eigenvalue weighted by molar-refractivity contribution is -0.625. The molecular formula is C7H15N2O+. The van der Waals surface area contributed by atoms with Crippen molar-refractivity contribution >= 4 is 0 Å². The van der Waals surface area contributed by atoms with Gasteiger partial charge in [0.25, 0.3) is 0 Å². The van der Waals surface area contributed by atoms with Crippen LogP contribution in [0.15, 0.2) is 5.28 Å². The Morgan fingerprint density at radius 1 is 1.30 bits per heavy atom. The van der Waals surface area contributed by atoms with Gasteiger partial charge in [-0.3, -0.25) is 0 Å². The van der Waals surface area contributed by atoms with Crippen molar-refractivity contribution < 1.29 is 9.53 Å². The first kappa shape index (κ1) is 7.51. The summed E-state index contributed by atoms with van der Waals surface area (Å²) in [5.41, 5.74) is 0. The van der Waals surface area contributed by atoms with Crippen LogP contribution in [0.5, 0.6) is 0 Å². The molecule has 1 heterocycles. The minimum Gasteiger partial charge on any atom is -0.348 e. The Hall–Kier alpha value is -0.600. The highest BCUT2D eigenvalue weighted by molar-refractivity contribution is 4.42. The molecule has 1 rings (SSSR count). The van der Waals surface area contributed by atoms with Crippen molar-refractivity contribution in [2.45, 2.75) is 26.2 Å². The van der Waals surface area contributed by atoms with Gasteiger partial charge in [-0.2, -0.15) is 0 Å². The van der Waals surface area contributed by atoms with E-state index in [1.165, 1.54) is 19.3 Å². The molecule has 3 heteroatoms. The molecule has 0 saturated carbocycles. The molecule has 3 nitrogen and oxygen atoms in total. The van der Waals surface area contributed by atoms with Gasteiger partial charge in [0.05, 0.1) is 0 Å². The summed E-state index contributed by atoms with van der Waals surface area (Å²) in [4.78, 5) is 4.92. The van der Waals surface area contributed by atoms with Crippen LogP contribution < -0.4 is 0 Å². The molecule has 1 saturated heterocycles. The fourth-order valence-electron chi connectivity index (χ4n) is 1.10. The van der Waals surface area contributed by atoms with Crippen LogP contribution in [0.25, 0.3) is 0 Å². The zero-order valence-electron chi connectivity index (χ0n) is 6.55. The molecule has 0 bridgehead atoms. The summed E-state index contributed by atoms with van der Waals surface area (Å²) in [5.74, 6) is 0. The maximum absolute atomic E-state index is 4.92. The van der Waals surface area contributed by atoms with Crippen molar-refractivity contribution in [3.8, 4) is 0 Å². The summed E-state index contributed by atoms with van der Waals surface area (Å²) < 4.78 is 2.01. The van der Waals surface area contributed by atoms with Crippen molar-refractivity contribution in [3.05, 3.63) is 0 Å². The van der Waals surface area contributed by atoms with Crippen LogP contribution in [0.2, 0.25) is 0 Å². The van der Waals surface area contributed by atoms with Gasteiger partial charge in [0, 0.05) is 12.8 Å². The van der Waals surface area contributed by atoms with E-state index in [1.54, 1.807) is 0 Å². The second-order valence-electron chi connectivity index (χ2n) is 2.51. The SMILES string of the molecule is CCON=[N+]1CCCCC1. The maximum Gasteiger partial charge on any atom is 0.186 e. The van der Waals surface area contributed by atoms with Crippen molar-refractivity contribution in [2.24, 2.45) is 5.28 Å². The number of piperidine rings is 1. The topological polar surface area (TPSA) is 24.6 Å². The van der Waals surface area contributed by atoms with E-state index in [-0.39, 0.29) is 0 Å². The average molecular weight is 143 g/mol.